The first kappa shape index (κ1) is 13.7. The Morgan fingerprint density at radius 1 is 1.32 bits per heavy atom. The highest BCUT2D eigenvalue weighted by atomic mass is 16.2. The number of hydrogen-bond donors (Lipinski definition) is 1. The highest BCUT2D eigenvalue weighted by Crippen LogP contribution is 2.18. The molecular formula is C15H20N2O2. The van der Waals surface area contributed by atoms with E-state index in [1.165, 1.54) is 6.92 Å². The van der Waals surface area contributed by atoms with Gasteiger partial charge in [-0.1, -0.05) is 18.6 Å². The molecule has 2 rings (SSSR count). The Morgan fingerprint density at radius 3 is 2.79 bits per heavy atom. The zero-order chi connectivity index (χ0) is 13.8. The molecule has 1 fully saturated rings. The van der Waals surface area contributed by atoms with Crippen molar-refractivity contribution in [3.05, 3.63) is 29.8 Å². The summed E-state index contributed by atoms with van der Waals surface area (Å²) in [6.07, 6.45) is 3.14. The molecule has 4 heteroatoms. The van der Waals surface area contributed by atoms with Gasteiger partial charge in [0.25, 0.3) is 0 Å². The average Bonchev–Trinajstić information content (AvgIpc) is 2.39. The maximum atomic E-state index is 12.2. The van der Waals surface area contributed by atoms with Crippen LogP contribution in [0.2, 0.25) is 0 Å². The molecule has 4 nitrogen and oxygen atoms in total. The zero-order valence-corrected chi connectivity index (χ0v) is 11.5. The smallest absolute Gasteiger partial charge is 0.241 e. The fourth-order valence-electron chi connectivity index (χ4n) is 2.45. The van der Waals surface area contributed by atoms with Crippen molar-refractivity contribution in [2.75, 3.05) is 18.9 Å². The van der Waals surface area contributed by atoms with Crippen molar-refractivity contribution in [3.8, 4) is 0 Å². The molecule has 1 amide bonds. The fourth-order valence-corrected chi connectivity index (χ4v) is 2.45. The number of nitrogens with zero attached hydrogens (tertiary/aromatic N) is 1. The van der Waals surface area contributed by atoms with Crippen LogP contribution in [-0.2, 0) is 4.79 Å². The number of likely N-dealkylation sites (N-methyl/N-ethyl adjacent to an activating group) is 1. The van der Waals surface area contributed by atoms with Gasteiger partial charge in [0.1, 0.15) is 0 Å². The molecule has 0 saturated carbocycles. The normalized spacial score (nSPS) is 20.0. The lowest BCUT2D eigenvalue weighted by Crippen LogP contribution is -2.44. The number of piperidine rings is 1. The third kappa shape index (κ3) is 3.41. The minimum absolute atomic E-state index is 0.00545. The lowest BCUT2D eigenvalue weighted by Gasteiger charge is -2.31. The minimum atomic E-state index is -0.0604. The van der Waals surface area contributed by atoms with E-state index in [9.17, 15) is 9.59 Å². The Morgan fingerprint density at radius 2 is 2.11 bits per heavy atom. The lowest BCUT2D eigenvalue weighted by molar-refractivity contribution is -0.121. The van der Waals surface area contributed by atoms with Crippen LogP contribution >= 0.6 is 0 Å². The molecule has 0 bridgehead atoms. The van der Waals surface area contributed by atoms with Crippen LogP contribution in [-0.4, -0.2) is 36.2 Å². The Hall–Kier alpha value is -1.68. The molecule has 1 aromatic carbocycles. The highest BCUT2D eigenvalue weighted by Gasteiger charge is 2.25. The van der Waals surface area contributed by atoms with Gasteiger partial charge < -0.3 is 5.32 Å². The average molecular weight is 260 g/mol. The van der Waals surface area contributed by atoms with E-state index in [1.807, 2.05) is 13.1 Å². The van der Waals surface area contributed by atoms with E-state index < -0.39 is 0 Å². The van der Waals surface area contributed by atoms with Crippen LogP contribution in [0.15, 0.2) is 24.3 Å². The summed E-state index contributed by atoms with van der Waals surface area (Å²) in [5, 5.41) is 2.90. The predicted molar refractivity (Wildman–Crippen MR) is 75.3 cm³/mol. The van der Waals surface area contributed by atoms with Crippen LogP contribution < -0.4 is 5.32 Å². The van der Waals surface area contributed by atoms with E-state index in [0.717, 1.165) is 25.8 Å². The lowest BCUT2D eigenvalue weighted by atomic mass is 10.0. The first-order valence-electron chi connectivity index (χ1n) is 6.70. The molecule has 1 unspecified atom stereocenters. The third-order valence-electron chi connectivity index (χ3n) is 3.61. The van der Waals surface area contributed by atoms with Gasteiger partial charge in [0.2, 0.25) is 5.91 Å². The molecule has 1 heterocycles. The van der Waals surface area contributed by atoms with Gasteiger partial charge in [-0.3, -0.25) is 14.5 Å². The topological polar surface area (TPSA) is 49.4 Å². The number of nitrogens with one attached hydrogen (secondary N) is 1. The van der Waals surface area contributed by atoms with Gasteiger partial charge in [0.05, 0.1) is 6.04 Å². The molecule has 0 aromatic heterocycles. The summed E-state index contributed by atoms with van der Waals surface area (Å²) in [5.41, 5.74) is 1.31. The van der Waals surface area contributed by atoms with Crippen LogP contribution in [0.25, 0.3) is 0 Å². The predicted octanol–water partition coefficient (Wildman–Crippen LogP) is 2.31. The van der Waals surface area contributed by atoms with Crippen molar-refractivity contribution in [3.63, 3.8) is 0 Å². The van der Waals surface area contributed by atoms with Crippen molar-refractivity contribution in [1.82, 2.24) is 4.90 Å². The maximum absolute atomic E-state index is 12.2. The van der Waals surface area contributed by atoms with Crippen LogP contribution in [0.5, 0.6) is 0 Å². The summed E-state index contributed by atoms with van der Waals surface area (Å²) in [4.78, 5) is 25.6. The van der Waals surface area contributed by atoms with Gasteiger partial charge in [-0.25, -0.2) is 0 Å². The second kappa shape index (κ2) is 5.97. The van der Waals surface area contributed by atoms with Crippen molar-refractivity contribution in [2.24, 2.45) is 0 Å². The Kier molecular flexibility index (Phi) is 4.32. The first-order chi connectivity index (χ1) is 9.08. The summed E-state index contributed by atoms with van der Waals surface area (Å²) in [6, 6.07) is 7.02. The summed E-state index contributed by atoms with van der Waals surface area (Å²) >= 11 is 0. The number of carbonyl (C=O) groups excluding carboxylic acids is 2. The zero-order valence-electron chi connectivity index (χ0n) is 11.5. The van der Waals surface area contributed by atoms with Crippen LogP contribution in [0.1, 0.15) is 36.5 Å². The Labute approximate surface area is 113 Å². The monoisotopic (exact) mass is 260 g/mol. The number of rotatable bonds is 3. The van der Waals surface area contributed by atoms with Gasteiger partial charge in [-0.05, 0) is 45.5 Å². The second-order valence-electron chi connectivity index (χ2n) is 5.12. The van der Waals surface area contributed by atoms with Crippen molar-refractivity contribution in [1.29, 1.82) is 0 Å². The van der Waals surface area contributed by atoms with Crippen LogP contribution in [0.3, 0.4) is 0 Å². The van der Waals surface area contributed by atoms with Crippen LogP contribution in [0, 0.1) is 0 Å². The van der Waals surface area contributed by atoms with Gasteiger partial charge in [0, 0.05) is 11.3 Å². The largest absolute Gasteiger partial charge is 0.325 e. The molecule has 1 aliphatic rings. The van der Waals surface area contributed by atoms with Gasteiger partial charge in [-0.2, -0.15) is 0 Å². The second-order valence-corrected chi connectivity index (χ2v) is 5.12. The van der Waals surface area contributed by atoms with E-state index in [-0.39, 0.29) is 17.7 Å². The van der Waals surface area contributed by atoms with Gasteiger partial charge >= 0.3 is 0 Å². The number of anilines is 1. The third-order valence-corrected chi connectivity index (χ3v) is 3.61. The molecule has 19 heavy (non-hydrogen) atoms. The number of Topliss-reactive ketones (excluding diaryl/α,β-unsaturated/α-hetero) is 1. The first-order valence-corrected chi connectivity index (χ1v) is 6.70. The Bertz CT molecular complexity index is 485. The molecule has 1 saturated heterocycles. The Balaban J connectivity index is 2.06. The minimum Gasteiger partial charge on any atom is -0.325 e. The number of likely N-dealkylation sites (tertiary alicyclic amines) is 1. The SMILES string of the molecule is CC(=O)c1cccc(NC(=O)C2CCCCN2C)c1. The summed E-state index contributed by atoms with van der Waals surface area (Å²) in [5.74, 6) is 0.0220. The van der Waals surface area contributed by atoms with Crippen molar-refractivity contribution >= 4 is 17.4 Å². The standard InChI is InChI=1S/C15H20N2O2/c1-11(18)12-6-5-7-13(10-12)16-15(19)14-8-3-4-9-17(14)2/h5-7,10,14H,3-4,8-9H2,1-2H3,(H,16,19). The summed E-state index contributed by atoms with van der Waals surface area (Å²) < 4.78 is 0. The molecule has 0 aliphatic carbocycles. The number of amides is 1. The van der Waals surface area contributed by atoms with Crippen molar-refractivity contribution in [2.45, 2.75) is 32.2 Å². The van der Waals surface area contributed by atoms with E-state index in [1.54, 1.807) is 18.2 Å². The summed E-state index contributed by atoms with van der Waals surface area (Å²) in [7, 11) is 1.98. The van der Waals surface area contributed by atoms with Gasteiger partial charge in [0.15, 0.2) is 5.78 Å². The van der Waals surface area contributed by atoms with E-state index >= 15 is 0 Å². The number of ketones is 1. The summed E-state index contributed by atoms with van der Waals surface area (Å²) in [6.45, 7) is 2.49. The molecule has 1 N–H and O–H groups in total. The van der Waals surface area contributed by atoms with E-state index in [4.69, 9.17) is 0 Å². The molecule has 0 spiro atoms. The quantitative estimate of drug-likeness (QED) is 0.848. The molecule has 102 valence electrons. The van der Waals surface area contributed by atoms with Gasteiger partial charge in [-0.15, -0.1) is 0 Å². The highest BCUT2D eigenvalue weighted by molar-refractivity contribution is 5.98. The molecular weight excluding hydrogens is 240 g/mol. The fraction of sp³-hybridized carbons (Fsp3) is 0.467. The van der Waals surface area contributed by atoms with E-state index in [2.05, 4.69) is 10.2 Å². The van der Waals surface area contributed by atoms with Crippen LogP contribution in [0.4, 0.5) is 5.69 Å². The molecule has 1 atom stereocenters. The maximum Gasteiger partial charge on any atom is 0.241 e. The van der Waals surface area contributed by atoms with E-state index in [0.29, 0.717) is 11.3 Å². The number of hydrogen-bond acceptors (Lipinski definition) is 3. The molecule has 1 aliphatic heterocycles. The molecule has 0 radical (unpaired) electrons. The number of benzene rings is 1. The van der Waals surface area contributed by atoms with Crippen molar-refractivity contribution < 1.29 is 9.59 Å². The number of carbonyl (C=O) groups is 2. The molecule has 1 aromatic rings.